The molecule has 0 bridgehead atoms. The van der Waals surface area contributed by atoms with Crippen LogP contribution in [0.1, 0.15) is 46.5 Å². The van der Waals surface area contributed by atoms with Crippen molar-refractivity contribution in [1.82, 2.24) is 0 Å². The van der Waals surface area contributed by atoms with Crippen LogP contribution in [0.25, 0.3) is 0 Å². The van der Waals surface area contributed by atoms with Crippen molar-refractivity contribution in [1.29, 1.82) is 10.8 Å². The van der Waals surface area contributed by atoms with E-state index in [4.69, 9.17) is 20.4 Å². The van der Waals surface area contributed by atoms with Gasteiger partial charge in [-0.2, -0.15) is 0 Å². The molecule has 1 aliphatic carbocycles. The van der Waals surface area contributed by atoms with E-state index in [-0.39, 0.29) is 0 Å². The molecule has 92 valence electrons. The number of carbonyl (C=O) groups excluding carboxylic acids is 2. The SMILES string of the molecule is CC1CCC(C(C)C)CC1.N=C=O.N=C=O. The van der Waals surface area contributed by atoms with Gasteiger partial charge in [0.2, 0.25) is 12.2 Å². The lowest BCUT2D eigenvalue weighted by Gasteiger charge is -2.28. The zero-order valence-electron chi connectivity index (χ0n) is 10.4. The van der Waals surface area contributed by atoms with Crippen molar-refractivity contribution in [2.45, 2.75) is 46.5 Å². The van der Waals surface area contributed by atoms with Crippen LogP contribution in [-0.2, 0) is 9.59 Å². The van der Waals surface area contributed by atoms with Crippen LogP contribution in [0.4, 0.5) is 0 Å². The third kappa shape index (κ3) is 10.8. The molecule has 0 heterocycles. The summed E-state index contributed by atoms with van der Waals surface area (Å²) in [6, 6.07) is 0. The Morgan fingerprint density at radius 1 is 1.00 bits per heavy atom. The number of hydrogen-bond acceptors (Lipinski definition) is 4. The second kappa shape index (κ2) is 11.8. The Morgan fingerprint density at radius 2 is 1.31 bits per heavy atom. The predicted octanol–water partition coefficient (Wildman–Crippen LogP) is 3.27. The zero-order valence-corrected chi connectivity index (χ0v) is 10.4. The summed E-state index contributed by atoms with van der Waals surface area (Å²) in [7, 11) is 0. The summed E-state index contributed by atoms with van der Waals surface area (Å²) in [5, 5.41) is 10.8. The van der Waals surface area contributed by atoms with E-state index in [2.05, 4.69) is 20.8 Å². The van der Waals surface area contributed by atoms with Gasteiger partial charge in [-0.3, -0.25) is 0 Å². The van der Waals surface area contributed by atoms with Gasteiger partial charge in [0.25, 0.3) is 0 Å². The van der Waals surface area contributed by atoms with Gasteiger partial charge >= 0.3 is 0 Å². The Bertz CT molecular complexity index is 207. The maximum atomic E-state index is 8.35. The van der Waals surface area contributed by atoms with Gasteiger partial charge in [-0.05, 0) is 30.6 Å². The van der Waals surface area contributed by atoms with Crippen LogP contribution in [0.2, 0.25) is 0 Å². The molecule has 0 unspecified atom stereocenters. The fraction of sp³-hybridized carbons (Fsp3) is 0.833. The van der Waals surface area contributed by atoms with Gasteiger partial charge < -0.3 is 0 Å². The quantitative estimate of drug-likeness (QED) is 0.531. The van der Waals surface area contributed by atoms with Gasteiger partial charge in [-0.15, -0.1) is 0 Å². The highest BCUT2D eigenvalue weighted by atomic mass is 16.1. The fourth-order valence-corrected chi connectivity index (χ4v) is 1.95. The van der Waals surface area contributed by atoms with Crippen LogP contribution in [-0.4, -0.2) is 12.2 Å². The van der Waals surface area contributed by atoms with E-state index in [0.717, 1.165) is 29.9 Å². The summed E-state index contributed by atoms with van der Waals surface area (Å²) in [4.78, 5) is 16.7. The van der Waals surface area contributed by atoms with Gasteiger partial charge in [0, 0.05) is 0 Å². The molecule has 0 aliphatic heterocycles. The highest BCUT2D eigenvalue weighted by Gasteiger charge is 2.19. The van der Waals surface area contributed by atoms with Crippen molar-refractivity contribution in [2.24, 2.45) is 17.8 Å². The number of isocyanates is 2. The van der Waals surface area contributed by atoms with Crippen molar-refractivity contribution in [2.75, 3.05) is 0 Å². The fourth-order valence-electron chi connectivity index (χ4n) is 1.95. The first-order chi connectivity index (χ1) is 7.53. The van der Waals surface area contributed by atoms with E-state index in [9.17, 15) is 0 Å². The molecule has 0 radical (unpaired) electrons. The van der Waals surface area contributed by atoms with E-state index in [0.29, 0.717) is 0 Å². The van der Waals surface area contributed by atoms with Crippen LogP contribution in [0.15, 0.2) is 0 Å². The minimum atomic E-state index is 0.750. The standard InChI is InChI=1S/C10H20.2CHNO/c1-8(2)10-6-4-9(3)5-7-10;2*2-1-3/h8-10H,4-7H2,1-3H3;2*2H. The molecule has 0 aromatic carbocycles. The first-order valence-corrected chi connectivity index (χ1v) is 5.61. The lowest BCUT2D eigenvalue weighted by Crippen LogP contribution is -2.16. The van der Waals surface area contributed by atoms with Crippen LogP contribution in [0.5, 0.6) is 0 Å². The lowest BCUT2D eigenvalue weighted by molar-refractivity contribution is 0.234. The normalized spacial score (nSPS) is 22.8. The van der Waals surface area contributed by atoms with Crippen molar-refractivity contribution in [3.05, 3.63) is 0 Å². The third-order valence-corrected chi connectivity index (χ3v) is 3.00. The molecule has 4 nitrogen and oxygen atoms in total. The first-order valence-electron chi connectivity index (χ1n) is 5.61. The van der Waals surface area contributed by atoms with E-state index in [1.165, 1.54) is 25.7 Å². The molecule has 1 rings (SSSR count). The van der Waals surface area contributed by atoms with E-state index in [1.54, 1.807) is 0 Å². The molecule has 0 saturated heterocycles. The van der Waals surface area contributed by atoms with Crippen LogP contribution < -0.4 is 0 Å². The Kier molecular flexibility index (Phi) is 12.7. The number of rotatable bonds is 1. The Morgan fingerprint density at radius 3 is 1.56 bits per heavy atom. The van der Waals surface area contributed by atoms with Gasteiger partial charge in [0.15, 0.2) is 0 Å². The summed E-state index contributed by atoms with van der Waals surface area (Å²) in [6.45, 7) is 7.11. The maximum absolute atomic E-state index is 8.35. The van der Waals surface area contributed by atoms with Gasteiger partial charge in [-0.25, -0.2) is 20.4 Å². The average Bonchev–Trinajstić information content (AvgIpc) is 2.20. The van der Waals surface area contributed by atoms with E-state index < -0.39 is 0 Å². The van der Waals surface area contributed by atoms with Gasteiger partial charge in [0.1, 0.15) is 0 Å². The molecule has 1 saturated carbocycles. The van der Waals surface area contributed by atoms with Crippen molar-refractivity contribution < 1.29 is 9.59 Å². The van der Waals surface area contributed by atoms with Crippen molar-refractivity contribution >= 4 is 12.2 Å². The van der Waals surface area contributed by atoms with Crippen LogP contribution >= 0.6 is 0 Å². The molecule has 4 heteroatoms. The van der Waals surface area contributed by atoms with E-state index >= 15 is 0 Å². The van der Waals surface area contributed by atoms with Crippen molar-refractivity contribution in [3.63, 3.8) is 0 Å². The largest absolute Gasteiger partial charge is 0.231 e. The minimum Gasteiger partial charge on any atom is -0.222 e. The van der Waals surface area contributed by atoms with Crippen LogP contribution in [0.3, 0.4) is 0 Å². The summed E-state index contributed by atoms with van der Waals surface area (Å²) in [5.41, 5.74) is 0. The van der Waals surface area contributed by atoms with Crippen molar-refractivity contribution in [3.8, 4) is 0 Å². The number of nitrogens with one attached hydrogen (secondary N) is 2. The second-order valence-electron chi connectivity index (χ2n) is 4.47. The van der Waals surface area contributed by atoms with Gasteiger partial charge in [-0.1, -0.05) is 33.6 Å². The monoisotopic (exact) mass is 226 g/mol. The number of hydrogen-bond donors (Lipinski definition) is 2. The third-order valence-electron chi connectivity index (χ3n) is 3.00. The highest BCUT2D eigenvalue weighted by Crippen LogP contribution is 2.32. The lowest BCUT2D eigenvalue weighted by atomic mass is 9.78. The summed E-state index contributed by atoms with van der Waals surface area (Å²) in [6.07, 6.45) is 7.42. The minimum absolute atomic E-state index is 0.750. The molecule has 2 N–H and O–H groups in total. The van der Waals surface area contributed by atoms with E-state index in [1.807, 2.05) is 0 Å². The molecule has 0 spiro atoms. The molecular formula is C12H22N2O2. The zero-order chi connectivity index (χ0) is 13.0. The first kappa shape index (κ1) is 17.2. The molecule has 0 aromatic heterocycles. The Hall–Kier alpha value is -1.24. The Balaban J connectivity index is 0. The molecule has 1 fully saturated rings. The molecule has 0 amide bonds. The predicted molar refractivity (Wildman–Crippen MR) is 62.8 cm³/mol. The summed E-state index contributed by atoms with van der Waals surface area (Å²) < 4.78 is 0. The topological polar surface area (TPSA) is 81.8 Å². The molecule has 1 aliphatic rings. The molecule has 16 heavy (non-hydrogen) atoms. The Labute approximate surface area is 97.5 Å². The highest BCUT2D eigenvalue weighted by molar-refractivity contribution is 5.26. The summed E-state index contributed by atoms with van der Waals surface area (Å²) >= 11 is 0. The maximum Gasteiger partial charge on any atom is 0.231 e. The van der Waals surface area contributed by atoms with Crippen LogP contribution in [0, 0.1) is 28.6 Å². The summed E-state index contributed by atoms with van der Waals surface area (Å²) in [5.74, 6) is 2.97. The van der Waals surface area contributed by atoms with Gasteiger partial charge in [0.05, 0.1) is 0 Å². The molecular weight excluding hydrogens is 204 g/mol. The second-order valence-corrected chi connectivity index (χ2v) is 4.47. The smallest absolute Gasteiger partial charge is 0.222 e. The average molecular weight is 226 g/mol. The molecule has 0 atom stereocenters. The molecule has 0 aromatic rings.